The van der Waals surface area contributed by atoms with Crippen molar-refractivity contribution >= 4 is 17.6 Å². The lowest BCUT2D eigenvalue weighted by Gasteiger charge is -2.07. The third kappa shape index (κ3) is 2.97. The second-order valence-electron chi connectivity index (χ2n) is 4.05. The number of nitrogen functional groups attached to an aromatic ring is 1. The maximum absolute atomic E-state index is 5.72. The van der Waals surface area contributed by atoms with Gasteiger partial charge in [-0.1, -0.05) is 23.9 Å². The van der Waals surface area contributed by atoms with Crippen LogP contribution in [0.1, 0.15) is 17.0 Å². The Kier molecular flexibility index (Phi) is 3.33. The van der Waals surface area contributed by atoms with Gasteiger partial charge in [0.25, 0.3) is 0 Å². The lowest BCUT2D eigenvalue weighted by molar-refractivity contribution is 0.974. The van der Waals surface area contributed by atoms with Gasteiger partial charge in [-0.25, -0.2) is 9.97 Å². The summed E-state index contributed by atoms with van der Waals surface area (Å²) in [7, 11) is 0. The van der Waals surface area contributed by atoms with Gasteiger partial charge in [-0.2, -0.15) is 0 Å². The van der Waals surface area contributed by atoms with Crippen molar-refractivity contribution in [3.63, 3.8) is 0 Å². The highest BCUT2D eigenvalue weighted by atomic mass is 32.2. The standard InChI is InChI=1S/C13H15N3S/c1-8-4-5-9(2)11(6-8)17-13-7-12(14)15-10(3)16-13/h4-7H,1-3H3,(H2,14,15,16). The number of hydrogen-bond donors (Lipinski definition) is 1. The lowest BCUT2D eigenvalue weighted by Crippen LogP contribution is -1.96. The molecule has 0 radical (unpaired) electrons. The van der Waals surface area contributed by atoms with E-state index in [2.05, 4.69) is 42.0 Å². The fraction of sp³-hybridized carbons (Fsp3) is 0.231. The van der Waals surface area contributed by atoms with E-state index >= 15 is 0 Å². The van der Waals surface area contributed by atoms with Crippen molar-refractivity contribution in [3.8, 4) is 0 Å². The highest BCUT2D eigenvalue weighted by Gasteiger charge is 2.05. The molecule has 0 saturated carbocycles. The molecule has 0 atom stereocenters. The molecule has 4 heteroatoms. The Bertz CT molecular complexity index is 532. The number of aromatic nitrogens is 2. The summed E-state index contributed by atoms with van der Waals surface area (Å²) < 4.78 is 0. The summed E-state index contributed by atoms with van der Waals surface area (Å²) in [5, 5.41) is 0.892. The van der Waals surface area contributed by atoms with E-state index in [0.717, 1.165) is 5.03 Å². The van der Waals surface area contributed by atoms with Crippen LogP contribution >= 0.6 is 11.8 Å². The van der Waals surface area contributed by atoms with Gasteiger partial charge in [0.05, 0.1) is 0 Å². The van der Waals surface area contributed by atoms with Crippen LogP contribution in [0.25, 0.3) is 0 Å². The van der Waals surface area contributed by atoms with Crippen LogP contribution in [-0.4, -0.2) is 9.97 Å². The molecule has 0 aliphatic heterocycles. The lowest BCUT2D eigenvalue weighted by atomic mass is 10.2. The number of hydrogen-bond acceptors (Lipinski definition) is 4. The second-order valence-corrected chi connectivity index (χ2v) is 5.11. The Labute approximate surface area is 105 Å². The molecule has 0 amide bonds. The molecule has 0 aliphatic rings. The van der Waals surface area contributed by atoms with Crippen LogP contribution in [0.3, 0.4) is 0 Å². The maximum Gasteiger partial charge on any atom is 0.128 e. The second kappa shape index (κ2) is 4.75. The Balaban J connectivity index is 2.34. The van der Waals surface area contributed by atoms with E-state index in [1.54, 1.807) is 17.8 Å². The quantitative estimate of drug-likeness (QED) is 0.826. The van der Waals surface area contributed by atoms with Crippen LogP contribution in [0, 0.1) is 20.8 Å². The molecule has 1 aromatic heterocycles. The van der Waals surface area contributed by atoms with Gasteiger partial charge in [0.2, 0.25) is 0 Å². The topological polar surface area (TPSA) is 51.8 Å². The van der Waals surface area contributed by atoms with Gasteiger partial charge in [-0.3, -0.25) is 0 Å². The number of nitrogens with two attached hydrogens (primary N) is 1. The van der Waals surface area contributed by atoms with Crippen LogP contribution in [0.15, 0.2) is 34.2 Å². The van der Waals surface area contributed by atoms with E-state index in [4.69, 9.17) is 5.73 Å². The highest BCUT2D eigenvalue weighted by Crippen LogP contribution is 2.30. The van der Waals surface area contributed by atoms with Gasteiger partial charge in [0.15, 0.2) is 0 Å². The number of anilines is 1. The van der Waals surface area contributed by atoms with Crippen molar-refractivity contribution < 1.29 is 0 Å². The Hall–Kier alpha value is -1.55. The van der Waals surface area contributed by atoms with Crippen LogP contribution in [0.2, 0.25) is 0 Å². The summed E-state index contributed by atoms with van der Waals surface area (Å²) in [6.45, 7) is 6.03. The first-order chi connectivity index (χ1) is 8.04. The highest BCUT2D eigenvalue weighted by molar-refractivity contribution is 7.99. The van der Waals surface area contributed by atoms with E-state index in [0.29, 0.717) is 11.6 Å². The molecule has 0 unspecified atom stereocenters. The van der Waals surface area contributed by atoms with Crippen LogP contribution in [0.5, 0.6) is 0 Å². The minimum absolute atomic E-state index is 0.519. The van der Waals surface area contributed by atoms with E-state index in [1.807, 2.05) is 6.92 Å². The average Bonchev–Trinajstić information content (AvgIpc) is 2.22. The normalized spacial score (nSPS) is 10.5. The van der Waals surface area contributed by atoms with Crippen LogP contribution in [-0.2, 0) is 0 Å². The van der Waals surface area contributed by atoms with Crippen molar-refractivity contribution in [1.29, 1.82) is 0 Å². The SMILES string of the molecule is Cc1ccc(C)c(Sc2cc(N)nc(C)n2)c1. The summed E-state index contributed by atoms with van der Waals surface area (Å²) in [6, 6.07) is 8.20. The van der Waals surface area contributed by atoms with Gasteiger partial charge in [-0.15, -0.1) is 0 Å². The number of aryl methyl sites for hydroxylation is 3. The number of nitrogens with zero attached hydrogens (tertiary/aromatic N) is 2. The minimum Gasteiger partial charge on any atom is -0.384 e. The van der Waals surface area contributed by atoms with Crippen molar-refractivity contribution in [1.82, 2.24) is 9.97 Å². The predicted octanol–water partition coefficient (Wildman–Crippen LogP) is 3.14. The average molecular weight is 245 g/mol. The molecular weight excluding hydrogens is 230 g/mol. The molecule has 1 heterocycles. The Morgan fingerprint density at radius 3 is 2.53 bits per heavy atom. The molecule has 3 nitrogen and oxygen atoms in total. The third-order valence-electron chi connectivity index (χ3n) is 2.39. The van der Waals surface area contributed by atoms with E-state index in [9.17, 15) is 0 Å². The molecule has 0 bridgehead atoms. The molecule has 88 valence electrons. The van der Waals surface area contributed by atoms with Gasteiger partial charge >= 0.3 is 0 Å². The van der Waals surface area contributed by atoms with Crippen molar-refractivity contribution in [2.75, 3.05) is 5.73 Å². The van der Waals surface area contributed by atoms with Gasteiger partial charge in [0.1, 0.15) is 16.7 Å². The van der Waals surface area contributed by atoms with E-state index < -0.39 is 0 Å². The molecule has 17 heavy (non-hydrogen) atoms. The number of benzene rings is 1. The van der Waals surface area contributed by atoms with Gasteiger partial charge < -0.3 is 5.73 Å². The summed E-state index contributed by atoms with van der Waals surface area (Å²) in [5.41, 5.74) is 8.21. The molecular formula is C13H15N3S. The van der Waals surface area contributed by atoms with Crippen LogP contribution in [0.4, 0.5) is 5.82 Å². The van der Waals surface area contributed by atoms with Crippen molar-refractivity contribution in [2.24, 2.45) is 0 Å². The zero-order chi connectivity index (χ0) is 12.4. The molecule has 1 aromatic carbocycles. The molecule has 0 spiro atoms. The summed E-state index contributed by atoms with van der Waals surface area (Å²) >= 11 is 1.63. The maximum atomic E-state index is 5.72. The Morgan fingerprint density at radius 2 is 1.82 bits per heavy atom. The van der Waals surface area contributed by atoms with Crippen molar-refractivity contribution in [3.05, 3.63) is 41.2 Å². The zero-order valence-electron chi connectivity index (χ0n) is 10.2. The van der Waals surface area contributed by atoms with Gasteiger partial charge in [0, 0.05) is 11.0 Å². The summed E-state index contributed by atoms with van der Waals surface area (Å²) in [5.74, 6) is 1.23. The Morgan fingerprint density at radius 1 is 1.06 bits per heavy atom. The first-order valence-electron chi connectivity index (χ1n) is 5.41. The third-order valence-corrected chi connectivity index (χ3v) is 3.47. The molecule has 0 fully saturated rings. The molecule has 0 saturated heterocycles. The predicted molar refractivity (Wildman–Crippen MR) is 71.2 cm³/mol. The fourth-order valence-corrected chi connectivity index (χ4v) is 2.60. The molecule has 2 aromatic rings. The van der Waals surface area contributed by atoms with Crippen molar-refractivity contribution in [2.45, 2.75) is 30.7 Å². The first-order valence-corrected chi connectivity index (χ1v) is 6.22. The summed E-state index contributed by atoms with van der Waals surface area (Å²) in [6.07, 6.45) is 0. The van der Waals surface area contributed by atoms with Gasteiger partial charge in [-0.05, 0) is 38.0 Å². The largest absolute Gasteiger partial charge is 0.384 e. The summed E-state index contributed by atoms with van der Waals surface area (Å²) in [4.78, 5) is 9.65. The zero-order valence-corrected chi connectivity index (χ0v) is 11.0. The van der Waals surface area contributed by atoms with E-state index in [1.165, 1.54) is 16.0 Å². The molecule has 2 rings (SSSR count). The molecule has 0 aliphatic carbocycles. The monoisotopic (exact) mass is 245 g/mol. The fourth-order valence-electron chi connectivity index (χ4n) is 1.54. The molecule has 2 N–H and O–H groups in total. The van der Waals surface area contributed by atoms with E-state index in [-0.39, 0.29) is 0 Å². The smallest absolute Gasteiger partial charge is 0.128 e. The first kappa shape index (κ1) is 11.9. The number of rotatable bonds is 2. The van der Waals surface area contributed by atoms with Crippen LogP contribution < -0.4 is 5.73 Å². The minimum atomic E-state index is 0.519.